The zero-order chi connectivity index (χ0) is 20.8. The van der Waals surface area contributed by atoms with Gasteiger partial charge in [0.25, 0.3) is 0 Å². The summed E-state index contributed by atoms with van der Waals surface area (Å²) < 4.78 is 14.8. The van der Waals surface area contributed by atoms with Crippen LogP contribution in [-0.4, -0.2) is 35.5 Å². The standard InChI is InChI=1S/C22H37N3O2Si/c1-8-11-16-21(4,27-28(5,6)7)17-18-22(9-2,26-10-3)25-20-15-13-12-14-19(20)23-24-25/h9,12-15H,2,8,10-11,16-18H2,1,3-7H3. The Balaban J connectivity index is 2.35. The van der Waals surface area contributed by atoms with E-state index >= 15 is 0 Å². The quantitative estimate of drug-likeness (QED) is 0.328. The zero-order valence-corrected chi connectivity index (χ0v) is 19.5. The second-order valence-corrected chi connectivity index (χ2v) is 13.2. The minimum absolute atomic E-state index is 0.178. The van der Waals surface area contributed by atoms with Crippen LogP contribution < -0.4 is 0 Å². The molecular formula is C22H37N3O2Si. The van der Waals surface area contributed by atoms with Crippen LogP contribution in [0.15, 0.2) is 36.9 Å². The number of ether oxygens (including phenoxy) is 1. The maximum absolute atomic E-state index is 6.65. The van der Waals surface area contributed by atoms with E-state index in [0.29, 0.717) is 6.61 Å². The molecule has 1 heterocycles. The lowest BCUT2D eigenvalue weighted by Gasteiger charge is -2.40. The van der Waals surface area contributed by atoms with Crippen LogP contribution in [0.1, 0.15) is 52.9 Å². The zero-order valence-electron chi connectivity index (χ0n) is 18.5. The summed E-state index contributed by atoms with van der Waals surface area (Å²) in [6, 6.07) is 7.97. The Hall–Kier alpha value is -1.50. The number of hydrogen-bond donors (Lipinski definition) is 0. The first kappa shape index (κ1) is 22.8. The molecule has 0 radical (unpaired) electrons. The van der Waals surface area contributed by atoms with Gasteiger partial charge in [-0.05, 0) is 64.5 Å². The molecule has 28 heavy (non-hydrogen) atoms. The molecule has 6 heteroatoms. The number of benzene rings is 1. The van der Waals surface area contributed by atoms with Crippen molar-refractivity contribution in [3.8, 4) is 0 Å². The van der Waals surface area contributed by atoms with E-state index < -0.39 is 14.0 Å². The normalized spacial score (nSPS) is 16.6. The van der Waals surface area contributed by atoms with Crippen LogP contribution in [0, 0.1) is 0 Å². The summed E-state index contributed by atoms with van der Waals surface area (Å²) in [6.45, 7) is 17.9. The maximum Gasteiger partial charge on any atom is 0.184 e. The first-order chi connectivity index (χ1) is 13.2. The average Bonchev–Trinajstić information content (AvgIpc) is 3.07. The monoisotopic (exact) mass is 403 g/mol. The predicted molar refractivity (Wildman–Crippen MR) is 119 cm³/mol. The molecule has 0 fully saturated rings. The summed E-state index contributed by atoms with van der Waals surface area (Å²) >= 11 is 0. The summed E-state index contributed by atoms with van der Waals surface area (Å²) in [6.07, 6.45) is 6.84. The van der Waals surface area contributed by atoms with E-state index in [2.05, 4.69) is 50.4 Å². The number of unbranched alkanes of at least 4 members (excludes halogenated alkanes) is 1. The molecular weight excluding hydrogens is 366 g/mol. The van der Waals surface area contributed by atoms with Crippen LogP contribution in [0.25, 0.3) is 11.0 Å². The Bertz CT molecular complexity index is 770. The molecule has 2 aromatic rings. The van der Waals surface area contributed by atoms with Gasteiger partial charge in [0, 0.05) is 13.0 Å². The number of aromatic nitrogens is 3. The van der Waals surface area contributed by atoms with Gasteiger partial charge >= 0.3 is 0 Å². The van der Waals surface area contributed by atoms with Gasteiger partial charge in [0.05, 0.1) is 11.1 Å². The number of hydrogen-bond acceptors (Lipinski definition) is 4. The fourth-order valence-electron chi connectivity index (χ4n) is 3.85. The van der Waals surface area contributed by atoms with E-state index in [0.717, 1.165) is 43.1 Å². The number of rotatable bonds is 12. The van der Waals surface area contributed by atoms with Gasteiger partial charge in [0.1, 0.15) is 5.52 Å². The third kappa shape index (κ3) is 5.52. The van der Waals surface area contributed by atoms with Crippen LogP contribution in [0.2, 0.25) is 19.6 Å². The molecule has 0 amide bonds. The fourth-order valence-corrected chi connectivity index (χ4v) is 5.53. The molecule has 0 aliphatic heterocycles. The number of para-hydroxylation sites is 1. The van der Waals surface area contributed by atoms with E-state index in [4.69, 9.17) is 9.16 Å². The van der Waals surface area contributed by atoms with Crippen LogP contribution in [0.5, 0.6) is 0 Å². The highest BCUT2D eigenvalue weighted by Crippen LogP contribution is 2.35. The van der Waals surface area contributed by atoms with Crippen molar-refractivity contribution in [1.82, 2.24) is 15.0 Å². The van der Waals surface area contributed by atoms with Crippen LogP contribution in [0.4, 0.5) is 0 Å². The molecule has 1 aromatic carbocycles. The number of fused-ring (bicyclic) bond motifs is 1. The molecule has 2 unspecified atom stereocenters. The highest BCUT2D eigenvalue weighted by atomic mass is 28.4. The second kappa shape index (κ2) is 9.33. The molecule has 0 spiro atoms. The number of nitrogens with zero attached hydrogens (tertiary/aromatic N) is 3. The lowest BCUT2D eigenvalue weighted by molar-refractivity contribution is -0.0882. The molecule has 5 nitrogen and oxygen atoms in total. The first-order valence-electron chi connectivity index (χ1n) is 10.5. The van der Waals surface area contributed by atoms with Crippen molar-refractivity contribution < 1.29 is 9.16 Å². The summed E-state index contributed by atoms with van der Waals surface area (Å²) in [5.74, 6) is 0. The van der Waals surface area contributed by atoms with E-state index in [1.165, 1.54) is 0 Å². The molecule has 156 valence electrons. The van der Waals surface area contributed by atoms with E-state index in [1.54, 1.807) is 0 Å². The summed E-state index contributed by atoms with van der Waals surface area (Å²) in [5.41, 5.74) is 0.904. The minimum Gasteiger partial charge on any atom is -0.412 e. The van der Waals surface area contributed by atoms with E-state index in [9.17, 15) is 0 Å². The van der Waals surface area contributed by atoms with Gasteiger partial charge in [-0.3, -0.25) is 0 Å². The van der Waals surface area contributed by atoms with Crippen molar-refractivity contribution in [2.24, 2.45) is 0 Å². The van der Waals surface area contributed by atoms with Gasteiger partial charge in [0.2, 0.25) is 0 Å². The van der Waals surface area contributed by atoms with Crippen molar-refractivity contribution in [3.63, 3.8) is 0 Å². The highest BCUT2D eigenvalue weighted by molar-refractivity contribution is 6.69. The van der Waals surface area contributed by atoms with Gasteiger partial charge in [-0.15, -0.1) is 5.10 Å². The van der Waals surface area contributed by atoms with Crippen LogP contribution >= 0.6 is 0 Å². The Morgan fingerprint density at radius 2 is 1.86 bits per heavy atom. The fraction of sp³-hybridized carbons (Fsp3) is 0.636. The largest absolute Gasteiger partial charge is 0.412 e. The molecule has 2 rings (SSSR count). The Labute approximate surface area is 171 Å². The Morgan fingerprint density at radius 3 is 2.46 bits per heavy atom. The Kier molecular flexibility index (Phi) is 7.59. The average molecular weight is 404 g/mol. The predicted octanol–water partition coefficient (Wildman–Crippen LogP) is 5.89. The Morgan fingerprint density at radius 1 is 1.14 bits per heavy atom. The van der Waals surface area contributed by atoms with E-state index in [1.807, 2.05) is 41.9 Å². The van der Waals surface area contributed by atoms with Crippen molar-refractivity contribution >= 4 is 19.4 Å². The summed E-state index contributed by atoms with van der Waals surface area (Å²) in [5, 5.41) is 8.76. The van der Waals surface area contributed by atoms with Crippen molar-refractivity contribution in [2.75, 3.05) is 6.61 Å². The molecule has 0 aliphatic carbocycles. The third-order valence-corrected chi connectivity index (χ3v) is 6.15. The molecule has 0 saturated carbocycles. The van der Waals surface area contributed by atoms with Gasteiger partial charge < -0.3 is 9.16 Å². The molecule has 1 aromatic heterocycles. The van der Waals surface area contributed by atoms with Gasteiger partial charge in [0.15, 0.2) is 14.0 Å². The molecule has 0 bridgehead atoms. The smallest absolute Gasteiger partial charge is 0.184 e. The van der Waals surface area contributed by atoms with Crippen LogP contribution in [0.3, 0.4) is 0 Å². The van der Waals surface area contributed by atoms with Crippen LogP contribution in [-0.2, 0) is 14.9 Å². The SMILES string of the molecule is C=CC(CCC(C)(CCCC)O[Si](C)(C)C)(OCC)n1nnc2ccccc21. The summed E-state index contributed by atoms with van der Waals surface area (Å²) in [4.78, 5) is 0. The maximum atomic E-state index is 6.65. The van der Waals surface area contributed by atoms with E-state index in [-0.39, 0.29) is 5.60 Å². The molecule has 0 aliphatic rings. The van der Waals surface area contributed by atoms with Gasteiger partial charge in [-0.1, -0.05) is 43.7 Å². The third-order valence-electron chi connectivity index (χ3n) is 5.05. The summed E-state index contributed by atoms with van der Waals surface area (Å²) in [7, 11) is -1.68. The van der Waals surface area contributed by atoms with Crippen molar-refractivity contribution in [2.45, 2.75) is 83.8 Å². The first-order valence-corrected chi connectivity index (χ1v) is 13.9. The molecule has 0 N–H and O–H groups in total. The minimum atomic E-state index is -1.68. The van der Waals surface area contributed by atoms with Crippen molar-refractivity contribution in [1.29, 1.82) is 0 Å². The lowest BCUT2D eigenvalue weighted by atomic mass is 9.90. The molecule has 2 atom stereocenters. The second-order valence-electron chi connectivity index (χ2n) is 8.74. The highest BCUT2D eigenvalue weighted by Gasteiger charge is 2.38. The molecule has 0 saturated heterocycles. The van der Waals surface area contributed by atoms with Crippen molar-refractivity contribution in [3.05, 3.63) is 36.9 Å². The van der Waals surface area contributed by atoms with Gasteiger partial charge in [-0.2, -0.15) is 0 Å². The van der Waals surface area contributed by atoms with Gasteiger partial charge in [-0.25, -0.2) is 4.68 Å². The topological polar surface area (TPSA) is 49.2 Å². The lowest BCUT2D eigenvalue weighted by Crippen LogP contribution is -2.43.